The quantitative estimate of drug-likeness (QED) is 0.644. The Bertz CT molecular complexity index is 957. The zero-order valence-corrected chi connectivity index (χ0v) is 19.3. The first-order chi connectivity index (χ1) is 14.9. The number of nitrogens with one attached hydrogen (secondary N) is 1. The molecule has 0 radical (unpaired) electrons. The van der Waals surface area contributed by atoms with E-state index in [0.717, 1.165) is 31.5 Å². The lowest BCUT2D eigenvalue weighted by molar-refractivity contribution is -0.122. The average Bonchev–Trinajstić information content (AvgIpc) is 2.76. The predicted molar refractivity (Wildman–Crippen MR) is 125 cm³/mol. The number of anilines is 1. The first kappa shape index (κ1) is 23.3. The number of sulfonamides is 1. The molecule has 0 aromatic heterocycles. The fourth-order valence-electron chi connectivity index (χ4n) is 4.16. The van der Waals surface area contributed by atoms with E-state index in [4.69, 9.17) is 0 Å². The molecule has 168 valence electrons. The van der Waals surface area contributed by atoms with Crippen LogP contribution in [0, 0.1) is 0 Å². The third-order valence-corrected chi connectivity index (χ3v) is 6.83. The Kier molecular flexibility index (Phi) is 8.09. The zero-order chi connectivity index (χ0) is 22.3. The fraction of sp³-hybridized carbons (Fsp3) is 0.458. The van der Waals surface area contributed by atoms with E-state index in [0.29, 0.717) is 18.7 Å². The molecule has 2 aromatic rings. The number of hydrogen-bond donors (Lipinski definition) is 1. The molecule has 2 aromatic carbocycles. The van der Waals surface area contributed by atoms with Gasteiger partial charge in [0.25, 0.3) is 0 Å². The van der Waals surface area contributed by atoms with Crippen LogP contribution in [0.25, 0.3) is 0 Å². The molecule has 0 bridgehead atoms. The van der Waals surface area contributed by atoms with E-state index in [1.54, 1.807) is 24.3 Å². The maximum atomic E-state index is 13.0. The molecule has 0 saturated carbocycles. The van der Waals surface area contributed by atoms with Crippen molar-refractivity contribution >= 4 is 21.6 Å². The van der Waals surface area contributed by atoms with Crippen molar-refractivity contribution in [1.82, 2.24) is 10.2 Å². The third-order valence-electron chi connectivity index (χ3n) is 5.65. The van der Waals surface area contributed by atoms with Gasteiger partial charge in [0.1, 0.15) is 6.04 Å². The minimum atomic E-state index is -3.61. The van der Waals surface area contributed by atoms with Crippen molar-refractivity contribution in [2.24, 2.45) is 0 Å². The van der Waals surface area contributed by atoms with E-state index >= 15 is 0 Å². The minimum Gasteiger partial charge on any atom is -0.350 e. The second kappa shape index (κ2) is 10.8. The molecule has 1 aliphatic rings. The highest BCUT2D eigenvalue weighted by Crippen LogP contribution is 2.22. The molecule has 1 N–H and O–H groups in total. The Balaban J connectivity index is 1.67. The zero-order valence-electron chi connectivity index (χ0n) is 18.5. The molecule has 1 atom stereocenters. The number of nitrogens with zero attached hydrogens (tertiary/aromatic N) is 2. The Morgan fingerprint density at radius 3 is 2.35 bits per heavy atom. The van der Waals surface area contributed by atoms with Crippen LogP contribution in [0.1, 0.15) is 43.7 Å². The number of piperidine rings is 1. The van der Waals surface area contributed by atoms with Crippen LogP contribution in [0.15, 0.2) is 54.6 Å². The van der Waals surface area contributed by atoms with Crippen molar-refractivity contribution < 1.29 is 13.2 Å². The fourth-order valence-corrected chi connectivity index (χ4v) is 5.37. The van der Waals surface area contributed by atoms with Crippen LogP contribution < -0.4 is 9.62 Å². The van der Waals surface area contributed by atoms with Crippen molar-refractivity contribution in [2.45, 2.75) is 51.7 Å². The van der Waals surface area contributed by atoms with Crippen LogP contribution in [0.5, 0.6) is 0 Å². The van der Waals surface area contributed by atoms with Gasteiger partial charge in [0.15, 0.2) is 0 Å². The molecule has 31 heavy (non-hydrogen) atoms. The van der Waals surface area contributed by atoms with Gasteiger partial charge in [-0.25, -0.2) is 8.42 Å². The second-order valence-electron chi connectivity index (χ2n) is 8.19. The standard InChI is InChI=1S/C24H33N3O3S/c1-3-23(27(31(2,29)30)22-13-6-4-7-14-22)24(28)25-18-20-11-10-12-21(17-20)19-26-15-8-5-9-16-26/h4,6-7,10-14,17,23H,3,5,8-9,15-16,18-19H2,1-2H3,(H,25,28)/t23-/m1/s1. The third kappa shape index (κ3) is 6.55. The van der Waals surface area contributed by atoms with E-state index in [1.165, 1.54) is 29.1 Å². The summed E-state index contributed by atoms with van der Waals surface area (Å²) in [6.07, 6.45) is 5.34. The van der Waals surface area contributed by atoms with Gasteiger partial charge in [0.05, 0.1) is 11.9 Å². The monoisotopic (exact) mass is 443 g/mol. The first-order valence-electron chi connectivity index (χ1n) is 11.0. The van der Waals surface area contributed by atoms with Gasteiger partial charge in [0.2, 0.25) is 15.9 Å². The Morgan fingerprint density at radius 2 is 1.71 bits per heavy atom. The molecule has 7 heteroatoms. The Morgan fingerprint density at radius 1 is 1.03 bits per heavy atom. The largest absolute Gasteiger partial charge is 0.350 e. The van der Waals surface area contributed by atoms with E-state index in [9.17, 15) is 13.2 Å². The summed E-state index contributed by atoms with van der Waals surface area (Å²) in [6.45, 7) is 5.40. The van der Waals surface area contributed by atoms with Crippen molar-refractivity contribution in [1.29, 1.82) is 0 Å². The summed E-state index contributed by atoms with van der Waals surface area (Å²) in [7, 11) is -3.61. The van der Waals surface area contributed by atoms with E-state index < -0.39 is 16.1 Å². The maximum Gasteiger partial charge on any atom is 0.244 e. The van der Waals surface area contributed by atoms with E-state index in [-0.39, 0.29) is 5.91 Å². The summed E-state index contributed by atoms with van der Waals surface area (Å²) in [4.78, 5) is 15.5. The number of likely N-dealkylation sites (tertiary alicyclic amines) is 1. The van der Waals surface area contributed by atoms with Gasteiger partial charge in [-0.15, -0.1) is 0 Å². The summed E-state index contributed by atoms with van der Waals surface area (Å²) < 4.78 is 26.2. The van der Waals surface area contributed by atoms with Gasteiger partial charge >= 0.3 is 0 Å². The highest BCUT2D eigenvalue weighted by Gasteiger charge is 2.31. The number of carbonyl (C=O) groups excluding carboxylic acids is 1. The lowest BCUT2D eigenvalue weighted by atomic mass is 10.1. The van der Waals surface area contributed by atoms with Crippen molar-refractivity contribution in [3.05, 3.63) is 65.7 Å². The van der Waals surface area contributed by atoms with Crippen LogP contribution in [0.2, 0.25) is 0 Å². The Labute approximate surface area is 186 Å². The normalized spacial score (nSPS) is 15.9. The SMILES string of the molecule is CC[C@H](C(=O)NCc1cccc(CN2CCCCC2)c1)N(c1ccccc1)S(C)(=O)=O. The van der Waals surface area contributed by atoms with Gasteiger partial charge in [-0.05, 0) is 55.6 Å². The molecule has 1 fully saturated rings. The number of rotatable bonds is 9. The highest BCUT2D eigenvalue weighted by atomic mass is 32.2. The first-order valence-corrected chi connectivity index (χ1v) is 12.9. The average molecular weight is 444 g/mol. The second-order valence-corrected chi connectivity index (χ2v) is 10.1. The number of benzene rings is 2. The van der Waals surface area contributed by atoms with Gasteiger partial charge in [-0.1, -0.05) is 55.8 Å². The van der Waals surface area contributed by atoms with Crippen molar-refractivity contribution in [3.8, 4) is 0 Å². The molecule has 0 unspecified atom stereocenters. The minimum absolute atomic E-state index is 0.293. The molecule has 1 amide bonds. The van der Waals surface area contributed by atoms with Gasteiger partial charge < -0.3 is 5.32 Å². The number of carbonyl (C=O) groups is 1. The summed E-state index contributed by atoms with van der Waals surface area (Å²) in [6, 6.07) is 16.2. The molecule has 1 aliphatic heterocycles. The van der Waals surface area contributed by atoms with E-state index in [2.05, 4.69) is 22.3 Å². The Hall–Kier alpha value is -2.38. The molecule has 3 rings (SSSR count). The van der Waals surface area contributed by atoms with Crippen LogP contribution in [-0.4, -0.2) is 44.6 Å². The van der Waals surface area contributed by atoms with E-state index in [1.807, 2.05) is 25.1 Å². The van der Waals surface area contributed by atoms with Gasteiger partial charge in [-0.3, -0.25) is 14.0 Å². The van der Waals surface area contributed by atoms with Crippen LogP contribution in [0.3, 0.4) is 0 Å². The molecule has 0 spiro atoms. The number of para-hydroxylation sites is 1. The molecule has 6 nitrogen and oxygen atoms in total. The lowest BCUT2D eigenvalue weighted by Crippen LogP contribution is -2.49. The molecule has 1 heterocycles. The summed E-state index contributed by atoms with van der Waals surface area (Å²) >= 11 is 0. The lowest BCUT2D eigenvalue weighted by Gasteiger charge is -2.30. The smallest absolute Gasteiger partial charge is 0.244 e. The van der Waals surface area contributed by atoms with Crippen LogP contribution >= 0.6 is 0 Å². The number of hydrogen-bond acceptors (Lipinski definition) is 4. The predicted octanol–water partition coefficient (Wildman–Crippen LogP) is 3.53. The highest BCUT2D eigenvalue weighted by molar-refractivity contribution is 7.92. The summed E-state index contributed by atoms with van der Waals surface area (Å²) in [5.41, 5.74) is 2.75. The summed E-state index contributed by atoms with van der Waals surface area (Å²) in [5.74, 6) is -0.293. The van der Waals surface area contributed by atoms with Crippen LogP contribution in [0.4, 0.5) is 5.69 Å². The maximum absolute atomic E-state index is 13.0. The van der Waals surface area contributed by atoms with Crippen molar-refractivity contribution in [2.75, 3.05) is 23.7 Å². The van der Waals surface area contributed by atoms with Gasteiger partial charge in [0, 0.05) is 13.1 Å². The topological polar surface area (TPSA) is 69.7 Å². The molecular weight excluding hydrogens is 410 g/mol. The molecular formula is C24H33N3O3S. The number of amides is 1. The van der Waals surface area contributed by atoms with Crippen molar-refractivity contribution in [3.63, 3.8) is 0 Å². The molecule has 0 aliphatic carbocycles. The molecule has 1 saturated heterocycles. The summed E-state index contributed by atoms with van der Waals surface area (Å²) in [5, 5.41) is 2.94. The van der Waals surface area contributed by atoms with Crippen LogP contribution in [-0.2, 0) is 27.9 Å². The van der Waals surface area contributed by atoms with Gasteiger partial charge in [-0.2, -0.15) is 0 Å².